The van der Waals surface area contributed by atoms with E-state index in [2.05, 4.69) is 15.3 Å². The fourth-order valence-corrected chi connectivity index (χ4v) is 3.72. The van der Waals surface area contributed by atoms with E-state index in [1.807, 2.05) is 13.8 Å². The third-order valence-corrected chi connectivity index (χ3v) is 5.05. The van der Waals surface area contributed by atoms with Crippen molar-refractivity contribution < 1.29 is 9.59 Å². The van der Waals surface area contributed by atoms with Crippen LogP contribution in [0, 0.1) is 13.8 Å². The minimum atomic E-state index is -0.849. The molecule has 0 bridgehead atoms. The Hall–Kier alpha value is -1.67. The van der Waals surface area contributed by atoms with E-state index in [4.69, 9.17) is 5.73 Å². The van der Waals surface area contributed by atoms with E-state index in [0.29, 0.717) is 0 Å². The fraction of sp³-hybridized carbons (Fsp3) is 0.333. The van der Waals surface area contributed by atoms with Crippen LogP contribution in [0.4, 0.5) is 4.79 Å². The summed E-state index contributed by atoms with van der Waals surface area (Å²) < 4.78 is 0. The van der Waals surface area contributed by atoms with E-state index in [9.17, 15) is 9.59 Å². The molecule has 2 aromatic rings. The third kappa shape index (κ3) is 2.91. The second-order valence-electron chi connectivity index (χ2n) is 4.26. The summed E-state index contributed by atoms with van der Waals surface area (Å²) >= 11 is 2.89. The van der Waals surface area contributed by atoms with E-state index in [0.717, 1.165) is 20.8 Å². The van der Waals surface area contributed by atoms with Gasteiger partial charge in [0.2, 0.25) is 5.91 Å². The number of nitrogens with zero attached hydrogens (tertiary/aromatic N) is 2. The molecule has 1 atom stereocenters. The zero-order valence-corrected chi connectivity index (χ0v) is 12.9. The molecule has 0 aliphatic rings. The van der Waals surface area contributed by atoms with Crippen LogP contribution in [0.3, 0.4) is 0 Å². The highest BCUT2D eigenvalue weighted by Gasteiger charge is 2.20. The Bertz CT molecular complexity index is 683. The quantitative estimate of drug-likeness (QED) is 0.667. The average molecular weight is 310 g/mol. The number of aryl methyl sites for hydroxylation is 2. The van der Waals surface area contributed by atoms with Crippen LogP contribution >= 0.6 is 23.1 Å². The van der Waals surface area contributed by atoms with Crippen molar-refractivity contribution in [3.63, 3.8) is 0 Å². The molecule has 0 radical (unpaired) electrons. The highest BCUT2D eigenvalue weighted by atomic mass is 32.2. The highest BCUT2D eigenvalue weighted by Crippen LogP contribution is 2.35. The molecule has 0 saturated carbocycles. The summed E-state index contributed by atoms with van der Waals surface area (Å²) in [4.78, 5) is 33.0. The monoisotopic (exact) mass is 310 g/mol. The summed E-state index contributed by atoms with van der Waals surface area (Å²) in [5.74, 6) is -0.432. The average Bonchev–Trinajstić information content (AvgIpc) is 2.65. The zero-order valence-electron chi connectivity index (χ0n) is 11.3. The molecular formula is C12H14N4O2S2. The Balaban J connectivity index is 2.30. The van der Waals surface area contributed by atoms with Crippen molar-refractivity contribution in [3.8, 4) is 0 Å². The predicted molar refractivity (Wildman–Crippen MR) is 79.9 cm³/mol. The molecule has 0 fully saturated rings. The predicted octanol–water partition coefficient (Wildman–Crippen LogP) is 1.98. The van der Waals surface area contributed by atoms with Crippen molar-refractivity contribution in [1.29, 1.82) is 0 Å². The second-order valence-corrected chi connectivity index (χ2v) is 6.79. The topological polar surface area (TPSA) is 98.0 Å². The van der Waals surface area contributed by atoms with Gasteiger partial charge in [-0.2, -0.15) is 0 Å². The number of carbonyl (C=O) groups is 2. The minimum Gasteiger partial charge on any atom is -0.351 e. The molecule has 20 heavy (non-hydrogen) atoms. The minimum absolute atomic E-state index is 0.432. The number of rotatable bonds is 3. The molecule has 0 unspecified atom stereocenters. The molecule has 6 nitrogen and oxygen atoms in total. The molecule has 0 aromatic carbocycles. The summed E-state index contributed by atoms with van der Waals surface area (Å²) in [6.07, 6.45) is 1.48. The zero-order chi connectivity index (χ0) is 14.9. The molecule has 0 aliphatic heterocycles. The number of urea groups is 1. The Morgan fingerprint density at radius 1 is 1.40 bits per heavy atom. The summed E-state index contributed by atoms with van der Waals surface area (Å²) in [6.45, 7) is 5.74. The van der Waals surface area contributed by atoms with Gasteiger partial charge in [-0.25, -0.2) is 14.8 Å². The Kier molecular flexibility index (Phi) is 4.24. The lowest BCUT2D eigenvalue weighted by molar-refractivity contribution is -0.119. The number of primary amides is 1. The first-order chi connectivity index (χ1) is 9.40. The maximum absolute atomic E-state index is 11.7. The number of imide groups is 1. The second kappa shape index (κ2) is 5.76. The van der Waals surface area contributed by atoms with E-state index in [-0.39, 0.29) is 0 Å². The van der Waals surface area contributed by atoms with Crippen LogP contribution in [0.15, 0.2) is 11.4 Å². The number of thiophene rings is 1. The third-order valence-electron chi connectivity index (χ3n) is 2.83. The lowest BCUT2D eigenvalue weighted by Gasteiger charge is -2.10. The molecule has 8 heteroatoms. The van der Waals surface area contributed by atoms with Gasteiger partial charge in [-0.3, -0.25) is 10.1 Å². The van der Waals surface area contributed by atoms with E-state index >= 15 is 0 Å². The lowest BCUT2D eigenvalue weighted by atomic mass is 10.2. The van der Waals surface area contributed by atoms with Gasteiger partial charge in [0.15, 0.2) is 0 Å². The molecule has 2 heterocycles. The van der Waals surface area contributed by atoms with Crippen molar-refractivity contribution in [2.24, 2.45) is 5.73 Å². The van der Waals surface area contributed by atoms with Gasteiger partial charge in [0.1, 0.15) is 16.2 Å². The van der Waals surface area contributed by atoms with Gasteiger partial charge in [-0.1, -0.05) is 11.8 Å². The molecule has 0 aliphatic carbocycles. The molecule has 3 N–H and O–H groups in total. The first-order valence-electron chi connectivity index (χ1n) is 5.87. The first-order valence-corrected chi connectivity index (χ1v) is 7.57. The van der Waals surface area contributed by atoms with Gasteiger partial charge in [-0.05, 0) is 26.3 Å². The number of nitrogens with two attached hydrogens (primary N) is 1. The van der Waals surface area contributed by atoms with Gasteiger partial charge in [0.25, 0.3) is 0 Å². The number of amides is 3. The van der Waals surface area contributed by atoms with Gasteiger partial charge in [-0.15, -0.1) is 11.3 Å². The van der Waals surface area contributed by atoms with Crippen LogP contribution in [0.2, 0.25) is 0 Å². The van der Waals surface area contributed by atoms with Crippen LogP contribution in [0.5, 0.6) is 0 Å². The number of carbonyl (C=O) groups excluding carboxylic acids is 2. The molecule has 0 spiro atoms. The van der Waals surface area contributed by atoms with Crippen molar-refractivity contribution >= 4 is 45.3 Å². The van der Waals surface area contributed by atoms with Crippen LogP contribution in [-0.2, 0) is 4.79 Å². The van der Waals surface area contributed by atoms with Crippen LogP contribution in [0.1, 0.15) is 17.4 Å². The normalized spacial score (nSPS) is 12.3. The summed E-state index contributed by atoms with van der Waals surface area (Å²) in [7, 11) is 0. The Labute approximate surface area is 124 Å². The number of hydrogen-bond donors (Lipinski definition) is 2. The molecular weight excluding hydrogens is 296 g/mol. The number of hydrogen-bond acceptors (Lipinski definition) is 6. The molecule has 3 amide bonds. The number of fused-ring (bicyclic) bond motifs is 1. The Morgan fingerprint density at radius 3 is 2.75 bits per heavy atom. The SMILES string of the molecule is Cc1sc2ncnc(S[C@@H](C)C(=O)NC(N)=O)c2c1C. The number of thioether (sulfide) groups is 1. The van der Waals surface area contributed by atoms with Gasteiger partial charge in [0, 0.05) is 10.3 Å². The maximum Gasteiger partial charge on any atom is 0.318 e. The van der Waals surface area contributed by atoms with E-state index < -0.39 is 17.2 Å². The summed E-state index contributed by atoms with van der Waals surface area (Å²) in [6, 6.07) is -0.849. The standard InChI is InChI=1S/C12H14N4O2S2/c1-5-6(2)19-10-8(5)11(15-4-14-10)20-7(3)9(17)16-12(13)18/h4,7H,1-3H3,(H3,13,16,17,18)/t7-/m0/s1. The van der Waals surface area contributed by atoms with Gasteiger partial charge >= 0.3 is 6.03 Å². The maximum atomic E-state index is 11.7. The molecule has 0 saturated heterocycles. The lowest BCUT2D eigenvalue weighted by Crippen LogP contribution is -2.39. The van der Waals surface area contributed by atoms with Gasteiger partial charge in [0.05, 0.1) is 5.25 Å². The summed E-state index contributed by atoms with van der Waals surface area (Å²) in [5.41, 5.74) is 6.06. The number of aromatic nitrogens is 2. The van der Waals surface area contributed by atoms with Crippen LogP contribution in [-0.4, -0.2) is 27.2 Å². The fourth-order valence-electron chi connectivity index (χ4n) is 1.68. The van der Waals surface area contributed by atoms with Gasteiger partial charge < -0.3 is 5.73 Å². The summed E-state index contributed by atoms with van der Waals surface area (Å²) in [5, 5.41) is 3.31. The highest BCUT2D eigenvalue weighted by molar-refractivity contribution is 8.00. The van der Waals surface area contributed by atoms with E-state index in [1.165, 1.54) is 23.0 Å². The molecule has 106 valence electrons. The largest absolute Gasteiger partial charge is 0.351 e. The first kappa shape index (κ1) is 14.7. The van der Waals surface area contributed by atoms with Crippen molar-refractivity contribution in [2.75, 3.05) is 0 Å². The number of nitrogens with one attached hydrogen (secondary N) is 1. The van der Waals surface area contributed by atoms with Crippen molar-refractivity contribution in [3.05, 3.63) is 16.8 Å². The van der Waals surface area contributed by atoms with Crippen LogP contribution < -0.4 is 11.1 Å². The Morgan fingerprint density at radius 2 is 2.10 bits per heavy atom. The van der Waals surface area contributed by atoms with Crippen LogP contribution in [0.25, 0.3) is 10.2 Å². The van der Waals surface area contributed by atoms with E-state index in [1.54, 1.807) is 18.3 Å². The van der Waals surface area contributed by atoms with Crippen molar-refractivity contribution in [2.45, 2.75) is 31.0 Å². The smallest absolute Gasteiger partial charge is 0.318 e. The molecule has 2 rings (SSSR count). The molecule has 2 aromatic heterocycles. The van der Waals surface area contributed by atoms with Crippen molar-refractivity contribution in [1.82, 2.24) is 15.3 Å².